The number of rotatable bonds is 5. The second kappa shape index (κ2) is 7.37. The van der Waals surface area contributed by atoms with Crippen molar-refractivity contribution >= 4 is 5.96 Å². The Hall–Kier alpha value is -2.44. The molecule has 0 radical (unpaired) electrons. The zero-order chi connectivity index (χ0) is 15.1. The Labute approximate surface area is 123 Å². The minimum atomic E-state index is -0.245. The molecule has 2 aromatic rings. The van der Waals surface area contributed by atoms with E-state index in [9.17, 15) is 4.39 Å². The van der Waals surface area contributed by atoms with Crippen molar-refractivity contribution in [3.8, 4) is 0 Å². The zero-order valence-electron chi connectivity index (χ0n) is 12.2. The summed E-state index contributed by atoms with van der Waals surface area (Å²) in [5.41, 5.74) is 0.563. The van der Waals surface area contributed by atoms with Gasteiger partial charge in [0.2, 0.25) is 0 Å². The molecule has 1 aromatic heterocycles. The predicted molar refractivity (Wildman–Crippen MR) is 79.1 cm³/mol. The predicted octanol–water partition coefficient (Wildman–Crippen LogP) is 1.21. The molecule has 0 spiro atoms. The van der Waals surface area contributed by atoms with Gasteiger partial charge in [-0.25, -0.2) is 14.4 Å². The van der Waals surface area contributed by atoms with E-state index in [1.165, 1.54) is 12.4 Å². The SMILES string of the molecule is CCNC(=NCc1ccccc1F)NCc1ncnn1C. The molecular formula is C14H19FN6. The lowest BCUT2D eigenvalue weighted by Crippen LogP contribution is -2.37. The van der Waals surface area contributed by atoms with Crippen LogP contribution >= 0.6 is 0 Å². The van der Waals surface area contributed by atoms with Crippen molar-refractivity contribution in [2.24, 2.45) is 12.0 Å². The Morgan fingerprint density at radius 1 is 1.33 bits per heavy atom. The van der Waals surface area contributed by atoms with Gasteiger partial charge in [-0.2, -0.15) is 5.10 Å². The van der Waals surface area contributed by atoms with Crippen molar-refractivity contribution in [3.63, 3.8) is 0 Å². The first-order chi connectivity index (χ1) is 10.2. The Balaban J connectivity index is 1.99. The van der Waals surface area contributed by atoms with E-state index >= 15 is 0 Å². The maximum Gasteiger partial charge on any atom is 0.191 e. The third-order valence-electron chi connectivity index (χ3n) is 2.93. The first kappa shape index (κ1) is 15.0. The molecule has 6 nitrogen and oxygen atoms in total. The van der Waals surface area contributed by atoms with E-state index in [4.69, 9.17) is 0 Å². The summed E-state index contributed by atoms with van der Waals surface area (Å²) in [6, 6.07) is 6.63. The largest absolute Gasteiger partial charge is 0.357 e. The summed E-state index contributed by atoms with van der Waals surface area (Å²) in [7, 11) is 1.83. The van der Waals surface area contributed by atoms with E-state index in [0.717, 1.165) is 12.4 Å². The van der Waals surface area contributed by atoms with Crippen molar-refractivity contribution in [2.75, 3.05) is 6.54 Å². The molecule has 1 heterocycles. The van der Waals surface area contributed by atoms with E-state index in [1.54, 1.807) is 22.9 Å². The number of guanidine groups is 1. The Bertz CT molecular complexity index is 607. The standard InChI is InChI=1S/C14H19FN6/c1-3-16-14(18-9-13-19-10-20-21(13)2)17-8-11-6-4-5-7-12(11)15/h4-7,10H,3,8-9H2,1-2H3,(H2,16,17,18). The zero-order valence-corrected chi connectivity index (χ0v) is 12.2. The molecule has 0 aliphatic rings. The summed E-state index contributed by atoms with van der Waals surface area (Å²) in [4.78, 5) is 8.50. The van der Waals surface area contributed by atoms with Crippen molar-refractivity contribution in [3.05, 3.63) is 47.8 Å². The number of aromatic nitrogens is 3. The highest BCUT2D eigenvalue weighted by atomic mass is 19.1. The molecule has 0 fully saturated rings. The highest BCUT2D eigenvalue weighted by Gasteiger charge is 2.04. The number of aryl methyl sites for hydroxylation is 1. The third kappa shape index (κ3) is 4.27. The van der Waals surface area contributed by atoms with Crippen LogP contribution < -0.4 is 10.6 Å². The molecule has 7 heteroatoms. The average Bonchev–Trinajstić information content (AvgIpc) is 2.89. The minimum absolute atomic E-state index is 0.245. The number of halogens is 1. The number of aliphatic imine (C=N–C) groups is 1. The van der Waals surface area contributed by atoms with Crippen LogP contribution in [0.5, 0.6) is 0 Å². The molecule has 0 unspecified atom stereocenters. The molecule has 2 rings (SSSR count). The second-order valence-corrected chi connectivity index (χ2v) is 4.44. The maximum absolute atomic E-state index is 13.6. The van der Waals surface area contributed by atoms with Crippen molar-refractivity contribution in [2.45, 2.75) is 20.0 Å². The molecular weight excluding hydrogens is 271 g/mol. The summed E-state index contributed by atoms with van der Waals surface area (Å²) in [5, 5.41) is 10.3. The van der Waals surface area contributed by atoms with Gasteiger partial charge in [-0.05, 0) is 13.0 Å². The summed E-state index contributed by atoms with van der Waals surface area (Å²) >= 11 is 0. The van der Waals surface area contributed by atoms with Crippen LogP contribution in [0.2, 0.25) is 0 Å². The number of hydrogen-bond donors (Lipinski definition) is 2. The first-order valence-corrected chi connectivity index (χ1v) is 6.79. The van der Waals surface area contributed by atoms with Crippen LogP contribution in [0.4, 0.5) is 4.39 Å². The second-order valence-electron chi connectivity index (χ2n) is 4.44. The highest BCUT2D eigenvalue weighted by Crippen LogP contribution is 2.07. The van der Waals surface area contributed by atoms with Gasteiger partial charge < -0.3 is 10.6 Å². The van der Waals surface area contributed by atoms with E-state index in [0.29, 0.717) is 18.1 Å². The smallest absolute Gasteiger partial charge is 0.191 e. The van der Waals surface area contributed by atoms with Crippen LogP contribution in [-0.2, 0) is 20.1 Å². The minimum Gasteiger partial charge on any atom is -0.357 e. The summed E-state index contributed by atoms with van der Waals surface area (Å²) < 4.78 is 15.2. The Morgan fingerprint density at radius 2 is 2.14 bits per heavy atom. The van der Waals surface area contributed by atoms with Gasteiger partial charge in [-0.3, -0.25) is 4.68 Å². The first-order valence-electron chi connectivity index (χ1n) is 6.79. The molecule has 0 saturated heterocycles. The Morgan fingerprint density at radius 3 is 2.81 bits per heavy atom. The van der Waals surface area contributed by atoms with E-state index < -0.39 is 0 Å². The molecule has 21 heavy (non-hydrogen) atoms. The average molecular weight is 290 g/mol. The lowest BCUT2D eigenvalue weighted by Gasteiger charge is -2.11. The van der Waals surface area contributed by atoms with E-state index in [-0.39, 0.29) is 12.4 Å². The maximum atomic E-state index is 13.6. The number of hydrogen-bond acceptors (Lipinski definition) is 3. The van der Waals surface area contributed by atoms with Gasteiger partial charge in [0.15, 0.2) is 5.96 Å². The molecule has 0 bridgehead atoms. The number of benzene rings is 1. The van der Waals surface area contributed by atoms with Crippen LogP contribution in [-0.4, -0.2) is 27.3 Å². The highest BCUT2D eigenvalue weighted by molar-refractivity contribution is 5.79. The van der Waals surface area contributed by atoms with Gasteiger partial charge >= 0.3 is 0 Å². The lowest BCUT2D eigenvalue weighted by molar-refractivity contribution is 0.610. The molecule has 2 N–H and O–H groups in total. The van der Waals surface area contributed by atoms with Crippen LogP contribution in [0.25, 0.3) is 0 Å². The van der Waals surface area contributed by atoms with E-state index in [2.05, 4.69) is 25.7 Å². The van der Waals surface area contributed by atoms with Gasteiger partial charge in [0.1, 0.15) is 18.0 Å². The molecule has 0 saturated carbocycles. The Kier molecular flexibility index (Phi) is 5.25. The van der Waals surface area contributed by atoms with E-state index in [1.807, 2.05) is 14.0 Å². The summed E-state index contributed by atoms with van der Waals surface area (Å²) in [6.07, 6.45) is 1.50. The molecule has 0 atom stereocenters. The van der Waals surface area contributed by atoms with Gasteiger partial charge in [0.25, 0.3) is 0 Å². The molecule has 112 valence electrons. The van der Waals surface area contributed by atoms with Crippen LogP contribution in [0.1, 0.15) is 18.3 Å². The number of nitrogens with zero attached hydrogens (tertiary/aromatic N) is 4. The summed E-state index contributed by atoms with van der Waals surface area (Å²) in [6.45, 7) is 3.48. The van der Waals surface area contributed by atoms with Crippen molar-refractivity contribution < 1.29 is 4.39 Å². The lowest BCUT2D eigenvalue weighted by atomic mass is 10.2. The quantitative estimate of drug-likeness (QED) is 0.641. The van der Waals surface area contributed by atoms with Crippen molar-refractivity contribution in [1.29, 1.82) is 0 Å². The van der Waals surface area contributed by atoms with Gasteiger partial charge in [-0.1, -0.05) is 18.2 Å². The topological polar surface area (TPSA) is 67.1 Å². The molecule has 0 amide bonds. The van der Waals surface area contributed by atoms with Gasteiger partial charge in [0.05, 0.1) is 13.1 Å². The van der Waals surface area contributed by atoms with Crippen molar-refractivity contribution in [1.82, 2.24) is 25.4 Å². The summed E-state index contributed by atoms with van der Waals surface area (Å²) in [5.74, 6) is 1.17. The third-order valence-corrected chi connectivity index (χ3v) is 2.93. The van der Waals surface area contributed by atoms with Crippen LogP contribution in [0.3, 0.4) is 0 Å². The van der Waals surface area contributed by atoms with Gasteiger partial charge in [0, 0.05) is 19.2 Å². The fourth-order valence-electron chi connectivity index (χ4n) is 1.78. The molecule has 1 aromatic carbocycles. The molecule has 0 aliphatic carbocycles. The normalized spacial score (nSPS) is 11.5. The monoisotopic (exact) mass is 290 g/mol. The molecule has 0 aliphatic heterocycles. The fourth-order valence-corrected chi connectivity index (χ4v) is 1.78. The number of nitrogens with one attached hydrogen (secondary N) is 2. The fraction of sp³-hybridized carbons (Fsp3) is 0.357. The van der Waals surface area contributed by atoms with Crippen LogP contribution in [0.15, 0.2) is 35.6 Å². The van der Waals surface area contributed by atoms with Crippen LogP contribution in [0, 0.1) is 5.82 Å². The van der Waals surface area contributed by atoms with Gasteiger partial charge in [-0.15, -0.1) is 0 Å².